The van der Waals surface area contributed by atoms with Gasteiger partial charge in [0.1, 0.15) is 17.5 Å². The molecule has 2 N–H and O–H groups in total. The number of likely N-dealkylation sites (tertiary alicyclic amines) is 1. The molecule has 12 heteroatoms. The maximum absolute atomic E-state index is 14.2. The number of aliphatic imine (C=N–C) groups is 1. The largest absolute Gasteiger partial charge is 0.495 e. The van der Waals surface area contributed by atoms with Gasteiger partial charge in [-0.25, -0.2) is 9.97 Å². The molecule has 0 spiro atoms. The number of aromatic nitrogens is 2. The summed E-state index contributed by atoms with van der Waals surface area (Å²) in [5.74, 6) is -1.22. The number of hydrogen-bond acceptors (Lipinski definition) is 8. The lowest BCUT2D eigenvalue weighted by Gasteiger charge is -2.26. The highest BCUT2D eigenvalue weighted by Crippen LogP contribution is 2.39. The van der Waals surface area contributed by atoms with E-state index < -0.39 is 23.8 Å². The number of carbonyl (C=O) groups is 3. The summed E-state index contributed by atoms with van der Waals surface area (Å²) in [5, 5.41) is 6.23. The Hall–Kier alpha value is -4.51. The first-order valence-electron chi connectivity index (χ1n) is 14.5. The average Bonchev–Trinajstić information content (AvgIpc) is 3.25. The Balaban J connectivity index is 1.54. The number of nitrogens with one attached hydrogen (secondary N) is 2. The third-order valence-electron chi connectivity index (χ3n) is 7.91. The van der Waals surface area contributed by atoms with Crippen molar-refractivity contribution < 1.29 is 23.9 Å². The zero-order valence-electron chi connectivity index (χ0n) is 25.1. The van der Waals surface area contributed by atoms with Gasteiger partial charge in [0.25, 0.3) is 5.95 Å². The minimum atomic E-state index is -1.11. The summed E-state index contributed by atoms with van der Waals surface area (Å²) in [6, 6.07) is 13.1. The average molecular weight is 619 g/mol. The van der Waals surface area contributed by atoms with Gasteiger partial charge in [0.15, 0.2) is 0 Å². The van der Waals surface area contributed by atoms with E-state index in [-0.39, 0.29) is 30.1 Å². The van der Waals surface area contributed by atoms with Gasteiger partial charge in [-0.1, -0.05) is 54.8 Å². The minimum absolute atomic E-state index is 0.0442. The Bertz CT molecular complexity index is 1550. The predicted octanol–water partition coefficient (Wildman–Crippen LogP) is 4.77. The van der Waals surface area contributed by atoms with Crippen LogP contribution in [0.1, 0.15) is 42.6 Å². The van der Waals surface area contributed by atoms with Gasteiger partial charge in [0.05, 0.1) is 36.8 Å². The summed E-state index contributed by atoms with van der Waals surface area (Å²) in [7, 11) is 2.96. The van der Waals surface area contributed by atoms with Gasteiger partial charge in [-0.2, -0.15) is 4.99 Å². The molecule has 1 saturated carbocycles. The molecule has 230 valence electrons. The summed E-state index contributed by atoms with van der Waals surface area (Å²) < 4.78 is 10.9. The van der Waals surface area contributed by atoms with E-state index in [4.69, 9.17) is 21.1 Å². The molecule has 2 aliphatic rings. The van der Waals surface area contributed by atoms with Gasteiger partial charge in [0.2, 0.25) is 23.7 Å². The fourth-order valence-corrected chi connectivity index (χ4v) is 6.09. The van der Waals surface area contributed by atoms with Crippen molar-refractivity contribution in [2.45, 2.75) is 52.0 Å². The number of fused-ring (bicyclic) bond motifs is 1. The van der Waals surface area contributed by atoms with Crippen LogP contribution < -0.4 is 20.1 Å². The summed E-state index contributed by atoms with van der Waals surface area (Å²) >= 11 is 6.31. The first-order valence-corrected chi connectivity index (χ1v) is 14.9. The van der Waals surface area contributed by atoms with Crippen LogP contribution in [0.3, 0.4) is 0 Å². The van der Waals surface area contributed by atoms with Crippen molar-refractivity contribution in [2.75, 3.05) is 19.5 Å². The van der Waals surface area contributed by atoms with Gasteiger partial charge in [-0.05, 0) is 38.3 Å². The van der Waals surface area contributed by atoms with Crippen molar-refractivity contribution in [3.05, 3.63) is 70.5 Å². The molecule has 0 unspecified atom stereocenters. The number of carbonyl (C=O) groups excluding carboxylic acids is 3. The highest BCUT2D eigenvalue weighted by molar-refractivity contribution is 6.32. The fraction of sp³-hybridized carbons (Fsp3) is 0.375. The molecular formula is C32H35ClN6O5. The lowest BCUT2D eigenvalue weighted by Crippen LogP contribution is -2.53. The molecule has 2 fully saturated rings. The topological polar surface area (TPSA) is 135 Å². The highest BCUT2D eigenvalue weighted by Gasteiger charge is 2.52. The number of benzene rings is 2. The van der Waals surface area contributed by atoms with Crippen molar-refractivity contribution in [2.24, 2.45) is 16.8 Å². The third kappa shape index (κ3) is 6.67. The van der Waals surface area contributed by atoms with E-state index in [1.54, 1.807) is 18.2 Å². The van der Waals surface area contributed by atoms with E-state index in [2.05, 4.69) is 25.6 Å². The van der Waals surface area contributed by atoms with Crippen molar-refractivity contribution >= 4 is 46.9 Å². The minimum Gasteiger partial charge on any atom is -0.495 e. The zero-order chi connectivity index (χ0) is 31.4. The number of anilines is 1. The summed E-state index contributed by atoms with van der Waals surface area (Å²) in [6.07, 6.45) is 3.18. The van der Waals surface area contributed by atoms with Crippen LogP contribution in [-0.2, 0) is 20.8 Å². The van der Waals surface area contributed by atoms with Crippen LogP contribution in [0.4, 0.5) is 11.6 Å². The van der Waals surface area contributed by atoms with E-state index in [9.17, 15) is 14.4 Å². The normalized spacial score (nSPS) is 18.9. The molecular weight excluding hydrogens is 584 g/mol. The molecule has 3 aromatic rings. The predicted molar refractivity (Wildman–Crippen MR) is 166 cm³/mol. The monoisotopic (exact) mass is 618 g/mol. The van der Waals surface area contributed by atoms with E-state index in [0.717, 1.165) is 18.4 Å². The van der Waals surface area contributed by atoms with Crippen LogP contribution in [-0.4, -0.2) is 58.8 Å². The number of guanidine groups is 1. The van der Waals surface area contributed by atoms with E-state index in [0.29, 0.717) is 46.4 Å². The Morgan fingerprint density at radius 2 is 1.59 bits per heavy atom. The smallest absolute Gasteiger partial charge is 0.253 e. The Labute approximate surface area is 261 Å². The van der Waals surface area contributed by atoms with Crippen LogP contribution in [0, 0.1) is 25.7 Å². The van der Waals surface area contributed by atoms with Gasteiger partial charge in [-0.15, -0.1) is 0 Å². The SMILES string of the molecule is COc1cc(NC(=Nc2nc(C)cc(C)n2)NC(=O)[C@@H](Cc2ccccc2)N2C(=O)[C@H]3CCCC[C@H]3C2=O)c(OC)cc1Cl. The van der Waals surface area contributed by atoms with Gasteiger partial charge in [-0.3, -0.25) is 24.6 Å². The Kier molecular flexibility index (Phi) is 9.43. The molecule has 1 saturated heterocycles. The molecule has 44 heavy (non-hydrogen) atoms. The summed E-state index contributed by atoms with van der Waals surface area (Å²) in [6.45, 7) is 3.62. The quantitative estimate of drug-likeness (QED) is 0.209. The number of ether oxygens (including phenoxy) is 2. The zero-order valence-corrected chi connectivity index (χ0v) is 25.9. The van der Waals surface area contributed by atoms with Crippen molar-refractivity contribution in [1.82, 2.24) is 20.2 Å². The molecule has 11 nitrogen and oxygen atoms in total. The third-order valence-corrected chi connectivity index (χ3v) is 8.21. The molecule has 1 aromatic heterocycles. The van der Waals surface area contributed by atoms with Crippen LogP contribution in [0.2, 0.25) is 5.02 Å². The molecule has 3 amide bonds. The molecule has 0 radical (unpaired) electrons. The molecule has 5 rings (SSSR count). The maximum Gasteiger partial charge on any atom is 0.253 e. The molecule has 2 heterocycles. The number of methoxy groups -OCH3 is 2. The van der Waals surface area contributed by atoms with E-state index in [1.807, 2.05) is 44.2 Å². The van der Waals surface area contributed by atoms with Crippen LogP contribution in [0.25, 0.3) is 0 Å². The second-order valence-electron chi connectivity index (χ2n) is 11.0. The van der Waals surface area contributed by atoms with Crippen molar-refractivity contribution in [1.29, 1.82) is 0 Å². The van der Waals surface area contributed by atoms with Crippen molar-refractivity contribution in [3.63, 3.8) is 0 Å². The number of nitrogens with zero attached hydrogens (tertiary/aromatic N) is 4. The molecule has 0 bridgehead atoms. The van der Waals surface area contributed by atoms with Crippen LogP contribution in [0.5, 0.6) is 11.5 Å². The van der Waals surface area contributed by atoms with Gasteiger partial charge >= 0.3 is 0 Å². The fourth-order valence-electron chi connectivity index (χ4n) is 5.86. The number of aryl methyl sites for hydroxylation is 2. The summed E-state index contributed by atoms with van der Waals surface area (Å²) in [5.41, 5.74) is 2.56. The maximum atomic E-state index is 14.2. The second-order valence-corrected chi connectivity index (χ2v) is 11.4. The van der Waals surface area contributed by atoms with Crippen molar-refractivity contribution in [3.8, 4) is 11.5 Å². The number of amides is 3. The first kappa shape index (κ1) is 30.9. The van der Waals surface area contributed by atoms with Crippen LogP contribution in [0.15, 0.2) is 53.5 Å². The number of imide groups is 1. The van der Waals surface area contributed by atoms with E-state index in [1.165, 1.54) is 19.1 Å². The van der Waals surface area contributed by atoms with Gasteiger partial charge in [0, 0.05) is 29.9 Å². The molecule has 1 aliphatic carbocycles. The molecule has 3 atom stereocenters. The molecule has 2 aromatic carbocycles. The van der Waals surface area contributed by atoms with E-state index >= 15 is 0 Å². The Morgan fingerprint density at radius 3 is 2.18 bits per heavy atom. The highest BCUT2D eigenvalue weighted by atomic mass is 35.5. The number of hydrogen-bond donors (Lipinski definition) is 2. The summed E-state index contributed by atoms with van der Waals surface area (Å²) in [4.78, 5) is 55.9. The van der Waals surface area contributed by atoms with Crippen LogP contribution >= 0.6 is 11.6 Å². The second kappa shape index (κ2) is 13.4. The standard InChI is InChI=1S/C32H35ClN6O5/c1-18-14-19(2)35-31(34-18)38-32(36-24-17-26(43-3)23(33)16-27(24)44-4)37-28(40)25(15-20-10-6-5-7-11-20)39-29(41)21-12-8-9-13-22(21)30(39)42/h5-7,10-11,14,16-17,21-22,25H,8-9,12-13,15H2,1-4H3,(H2,34,35,36,37,38,40)/t21-,22+,25-/m1/s1. The molecule has 1 aliphatic heterocycles. The number of halogens is 1. The first-order chi connectivity index (χ1) is 21.2. The van der Waals surface area contributed by atoms with Gasteiger partial charge < -0.3 is 14.8 Å². The lowest BCUT2D eigenvalue weighted by atomic mass is 9.81. The number of rotatable bonds is 8. The lowest BCUT2D eigenvalue weighted by molar-refractivity contribution is -0.147. The Morgan fingerprint density at radius 1 is 0.977 bits per heavy atom.